The Morgan fingerprint density at radius 3 is 2.86 bits per heavy atom. The third kappa shape index (κ3) is 3.27. The Hall–Kier alpha value is -1.80. The lowest BCUT2D eigenvalue weighted by Crippen LogP contribution is -2.16. The lowest BCUT2D eigenvalue weighted by molar-refractivity contribution is 0.0929. The van der Waals surface area contributed by atoms with E-state index >= 15 is 0 Å². The van der Waals surface area contributed by atoms with Crippen molar-refractivity contribution in [2.75, 3.05) is 0 Å². The Morgan fingerprint density at radius 2 is 2.10 bits per heavy atom. The summed E-state index contributed by atoms with van der Waals surface area (Å²) in [7, 11) is 0. The molecule has 2 aromatic heterocycles. The molecule has 0 atom stereocenters. The van der Waals surface area contributed by atoms with E-state index in [2.05, 4.69) is 10.5 Å². The van der Waals surface area contributed by atoms with Crippen molar-refractivity contribution in [3.05, 3.63) is 56.7 Å². The number of fused-ring (bicyclic) bond motifs is 1. The second-order valence-electron chi connectivity index (χ2n) is 4.13. The number of nitrogens with one attached hydrogen (secondary N) is 1. The zero-order valence-corrected chi connectivity index (χ0v) is 13.4. The molecule has 21 heavy (non-hydrogen) atoms. The van der Waals surface area contributed by atoms with Crippen LogP contribution in [0.4, 0.5) is 0 Å². The molecule has 106 valence electrons. The average Bonchev–Trinajstić information content (AvgIpc) is 3.04. The van der Waals surface area contributed by atoms with Crippen LogP contribution in [0.25, 0.3) is 11.0 Å². The van der Waals surface area contributed by atoms with Crippen molar-refractivity contribution in [3.63, 3.8) is 0 Å². The van der Waals surface area contributed by atoms with Crippen LogP contribution in [0.15, 0.2) is 50.3 Å². The first-order valence-corrected chi connectivity index (χ1v) is 7.35. The van der Waals surface area contributed by atoms with Crippen LogP contribution in [-0.4, -0.2) is 12.1 Å². The van der Waals surface area contributed by atoms with E-state index in [1.807, 2.05) is 22.6 Å². The molecule has 2 heterocycles. The maximum absolute atomic E-state index is 11.9. The number of hydrogen-bond acceptors (Lipinski definition) is 4. The predicted molar refractivity (Wildman–Crippen MR) is 87.7 cm³/mol. The van der Waals surface area contributed by atoms with Gasteiger partial charge in [0.25, 0.3) is 0 Å². The smallest absolute Gasteiger partial charge is 0.307 e. The predicted octanol–water partition coefficient (Wildman–Crippen LogP) is 4.05. The fourth-order valence-electron chi connectivity index (χ4n) is 1.73. The molecule has 7 heteroatoms. The third-order valence-electron chi connectivity index (χ3n) is 2.65. The molecule has 0 aliphatic carbocycles. The highest BCUT2D eigenvalue weighted by atomic mass is 127. The van der Waals surface area contributed by atoms with Gasteiger partial charge in [-0.15, -0.1) is 0 Å². The number of furan rings is 2. The molecule has 0 unspecified atom stereocenters. The molecule has 0 spiro atoms. The first-order chi connectivity index (χ1) is 10.1. The fraction of sp³-hybridized carbons (Fsp3) is 0. The van der Waals surface area contributed by atoms with Gasteiger partial charge in [0.15, 0.2) is 9.53 Å². The quantitative estimate of drug-likeness (QED) is 0.399. The van der Waals surface area contributed by atoms with Crippen LogP contribution in [-0.2, 0) is 0 Å². The van der Waals surface area contributed by atoms with Crippen molar-refractivity contribution in [2.45, 2.75) is 0 Å². The van der Waals surface area contributed by atoms with Crippen LogP contribution in [0.5, 0.6) is 0 Å². The molecule has 3 aromatic rings. The third-order valence-corrected chi connectivity index (χ3v) is 3.47. The summed E-state index contributed by atoms with van der Waals surface area (Å²) in [4.78, 5) is 11.9. The number of hydrazone groups is 1. The summed E-state index contributed by atoms with van der Waals surface area (Å²) in [6, 6.07) is 10.3. The van der Waals surface area contributed by atoms with Gasteiger partial charge in [0.1, 0.15) is 11.3 Å². The van der Waals surface area contributed by atoms with E-state index in [1.54, 1.807) is 36.4 Å². The Morgan fingerprint density at radius 1 is 1.24 bits per heavy atom. The van der Waals surface area contributed by atoms with Crippen molar-refractivity contribution in [2.24, 2.45) is 5.10 Å². The molecule has 0 fully saturated rings. The summed E-state index contributed by atoms with van der Waals surface area (Å²) >= 11 is 7.93. The summed E-state index contributed by atoms with van der Waals surface area (Å²) in [5, 5.41) is 5.16. The van der Waals surface area contributed by atoms with Crippen LogP contribution in [0.1, 0.15) is 16.3 Å². The van der Waals surface area contributed by atoms with Gasteiger partial charge in [-0.05, 0) is 59.0 Å². The maximum Gasteiger partial charge on any atom is 0.307 e. The first-order valence-electron chi connectivity index (χ1n) is 5.90. The molecule has 0 bridgehead atoms. The van der Waals surface area contributed by atoms with Gasteiger partial charge in [-0.25, -0.2) is 5.43 Å². The van der Waals surface area contributed by atoms with Crippen molar-refractivity contribution < 1.29 is 13.6 Å². The number of carbonyl (C=O) groups is 1. The van der Waals surface area contributed by atoms with Crippen molar-refractivity contribution in [1.82, 2.24) is 5.43 Å². The number of halogens is 2. The van der Waals surface area contributed by atoms with Gasteiger partial charge in [0, 0.05) is 10.4 Å². The molecule has 1 N–H and O–H groups in total. The number of nitrogens with zero attached hydrogens (tertiary/aromatic N) is 1. The minimum atomic E-state index is -0.445. The van der Waals surface area contributed by atoms with Gasteiger partial charge in [0.2, 0.25) is 0 Å². The second kappa shape index (κ2) is 5.90. The van der Waals surface area contributed by atoms with Gasteiger partial charge >= 0.3 is 5.91 Å². The van der Waals surface area contributed by atoms with Gasteiger partial charge in [-0.1, -0.05) is 11.6 Å². The Bertz CT molecular complexity index is 838. The number of hydrogen-bond donors (Lipinski definition) is 1. The van der Waals surface area contributed by atoms with Gasteiger partial charge in [0.05, 0.1) is 6.21 Å². The zero-order chi connectivity index (χ0) is 14.8. The largest absolute Gasteiger partial charge is 0.451 e. The van der Waals surface area contributed by atoms with Crippen LogP contribution in [0.3, 0.4) is 0 Å². The highest BCUT2D eigenvalue weighted by Crippen LogP contribution is 2.22. The molecule has 0 aliphatic heterocycles. The van der Waals surface area contributed by atoms with Crippen molar-refractivity contribution in [3.8, 4) is 0 Å². The first kappa shape index (κ1) is 14.2. The lowest BCUT2D eigenvalue weighted by atomic mass is 10.2. The van der Waals surface area contributed by atoms with E-state index in [-0.39, 0.29) is 5.76 Å². The van der Waals surface area contributed by atoms with E-state index < -0.39 is 5.91 Å². The Kier molecular flexibility index (Phi) is 3.98. The van der Waals surface area contributed by atoms with Gasteiger partial charge < -0.3 is 8.83 Å². The van der Waals surface area contributed by atoms with E-state index in [0.717, 1.165) is 9.15 Å². The minimum absolute atomic E-state index is 0.165. The number of amides is 1. The number of benzene rings is 1. The molecular formula is C14H8ClIN2O3. The molecule has 0 aliphatic rings. The molecular weight excluding hydrogens is 407 g/mol. The van der Waals surface area contributed by atoms with Crippen LogP contribution in [0.2, 0.25) is 5.02 Å². The number of rotatable bonds is 3. The van der Waals surface area contributed by atoms with Gasteiger partial charge in [-0.3, -0.25) is 4.79 Å². The molecule has 1 amide bonds. The van der Waals surface area contributed by atoms with Crippen LogP contribution in [0, 0.1) is 3.77 Å². The summed E-state index contributed by atoms with van der Waals surface area (Å²) in [5.41, 5.74) is 2.97. The number of carbonyl (C=O) groups excluding carboxylic acids is 1. The van der Waals surface area contributed by atoms with Crippen molar-refractivity contribution >= 4 is 57.3 Å². The molecule has 3 rings (SSSR count). The highest BCUT2D eigenvalue weighted by molar-refractivity contribution is 14.1. The standard InChI is InChI=1S/C14H8ClIN2O3/c15-9-1-3-11-8(5-9)6-12(21-11)14(19)18-17-7-10-2-4-13(16)20-10/h1-7H,(H,18,19)/b17-7+. The summed E-state index contributed by atoms with van der Waals surface area (Å²) < 4.78 is 11.4. The van der Waals surface area contributed by atoms with E-state index in [9.17, 15) is 4.79 Å². The lowest BCUT2D eigenvalue weighted by Gasteiger charge is -1.93. The maximum atomic E-state index is 11.9. The summed E-state index contributed by atoms with van der Waals surface area (Å²) in [6.45, 7) is 0. The van der Waals surface area contributed by atoms with E-state index in [0.29, 0.717) is 16.4 Å². The van der Waals surface area contributed by atoms with E-state index in [1.165, 1.54) is 6.21 Å². The van der Waals surface area contributed by atoms with Crippen LogP contribution >= 0.6 is 34.2 Å². The monoisotopic (exact) mass is 414 g/mol. The fourth-order valence-corrected chi connectivity index (χ4v) is 2.35. The molecule has 0 saturated heterocycles. The highest BCUT2D eigenvalue weighted by Gasteiger charge is 2.11. The van der Waals surface area contributed by atoms with Crippen LogP contribution < -0.4 is 5.43 Å². The summed E-state index contributed by atoms with van der Waals surface area (Å²) in [6.07, 6.45) is 1.42. The normalized spacial score (nSPS) is 11.3. The minimum Gasteiger partial charge on any atom is -0.451 e. The molecule has 0 radical (unpaired) electrons. The van der Waals surface area contributed by atoms with Crippen molar-refractivity contribution in [1.29, 1.82) is 0 Å². The molecule has 5 nitrogen and oxygen atoms in total. The summed E-state index contributed by atoms with van der Waals surface area (Å²) in [5.74, 6) is 0.273. The second-order valence-corrected chi connectivity index (χ2v) is 5.63. The molecule has 1 aromatic carbocycles. The average molecular weight is 415 g/mol. The van der Waals surface area contributed by atoms with Gasteiger partial charge in [-0.2, -0.15) is 5.10 Å². The SMILES string of the molecule is O=C(N/N=C/c1ccc(I)o1)c1cc2cc(Cl)ccc2o1. The Labute approximate surface area is 138 Å². The Balaban J connectivity index is 1.73. The topological polar surface area (TPSA) is 67.7 Å². The molecule has 0 saturated carbocycles. The van der Waals surface area contributed by atoms with E-state index in [4.69, 9.17) is 20.4 Å². The zero-order valence-electron chi connectivity index (χ0n) is 10.5.